The molecule has 1 aromatic rings. The van der Waals surface area contributed by atoms with Gasteiger partial charge >= 0.3 is 0 Å². The Balaban J connectivity index is 3.07. The maximum Gasteiger partial charge on any atom is 0.216 e. The van der Waals surface area contributed by atoms with Crippen molar-refractivity contribution < 1.29 is 4.74 Å². The van der Waals surface area contributed by atoms with E-state index in [-0.39, 0.29) is 0 Å². The van der Waals surface area contributed by atoms with Crippen LogP contribution >= 0.6 is 0 Å². The van der Waals surface area contributed by atoms with Gasteiger partial charge in [-0.15, -0.1) is 0 Å². The molecule has 0 spiro atoms. The highest BCUT2D eigenvalue weighted by molar-refractivity contribution is 5.41. The molecule has 3 heteroatoms. The molecule has 1 aromatic heterocycles. The second kappa shape index (κ2) is 2.56. The number of nitrogen functional groups attached to an aromatic ring is 1. The molecule has 0 saturated heterocycles. The number of pyridine rings is 1. The molecule has 54 valence electrons. The fourth-order valence-corrected chi connectivity index (χ4v) is 0.798. The van der Waals surface area contributed by atoms with E-state index in [1.54, 1.807) is 13.3 Å². The highest BCUT2D eigenvalue weighted by Crippen LogP contribution is 2.14. The summed E-state index contributed by atoms with van der Waals surface area (Å²) in [6.07, 6.45) is 1.58. The average Bonchev–Trinajstić information content (AvgIpc) is 1.88. The van der Waals surface area contributed by atoms with E-state index in [1.165, 1.54) is 0 Å². The number of methoxy groups -OCH3 is 1. The third-order valence-corrected chi connectivity index (χ3v) is 1.24. The standard InChI is InChI=1S/C7H10N2O/c1-5-3-6(8)4-9-7(5)10-2/h3-4H,8H2,1-2H3. The second-order valence-electron chi connectivity index (χ2n) is 2.09. The topological polar surface area (TPSA) is 48.1 Å². The summed E-state index contributed by atoms with van der Waals surface area (Å²) in [6.45, 7) is 1.90. The highest BCUT2D eigenvalue weighted by atomic mass is 16.5. The number of aromatic nitrogens is 1. The Morgan fingerprint density at radius 1 is 1.60 bits per heavy atom. The predicted octanol–water partition coefficient (Wildman–Crippen LogP) is 0.981. The SMILES string of the molecule is COc1ncc(N)cc1C. The third kappa shape index (κ3) is 1.18. The Kier molecular flexibility index (Phi) is 1.76. The normalized spacial score (nSPS) is 9.40. The van der Waals surface area contributed by atoms with Crippen molar-refractivity contribution >= 4 is 5.69 Å². The minimum absolute atomic E-state index is 0.634. The van der Waals surface area contributed by atoms with Gasteiger partial charge in [-0.1, -0.05) is 0 Å². The molecule has 1 rings (SSSR count). The summed E-state index contributed by atoms with van der Waals surface area (Å²) in [5.74, 6) is 0.634. The summed E-state index contributed by atoms with van der Waals surface area (Å²) < 4.78 is 4.93. The zero-order valence-electron chi connectivity index (χ0n) is 6.09. The third-order valence-electron chi connectivity index (χ3n) is 1.24. The number of ether oxygens (including phenoxy) is 1. The number of anilines is 1. The molecule has 0 fully saturated rings. The lowest BCUT2D eigenvalue weighted by atomic mass is 10.3. The second-order valence-corrected chi connectivity index (χ2v) is 2.09. The van der Waals surface area contributed by atoms with Crippen LogP contribution < -0.4 is 10.5 Å². The molecule has 0 aliphatic rings. The monoisotopic (exact) mass is 138 g/mol. The van der Waals surface area contributed by atoms with Crippen LogP contribution in [0.1, 0.15) is 5.56 Å². The van der Waals surface area contributed by atoms with Gasteiger partial charge in [0.05, 0.1) is 19.0 Å². The van der Waals surface area contributed by atoms with Crippen LogP contribution in [0, 0.1) is 6.92 Å². The van der Waals surface area contributed by atoms with E-state index in [1.807, 2.05) is 13.0 Å². The van der Waals surface area contributed by atoms with Crippen LogP contribution in [0.3, 0.4) is 0 Å². The Hall–Kier alpha value is -1.25. The van der Waals surface area contributed by atoms with E-state index in [4.69, 9.17) is 10.5 Å². The largest absolute Gasteiger partial charge is 0.481 e. The Morgan fingerprint density at radius 3 is 2.80 bits per heavy atom. The number of hydrogen-bond donors (Lipinski definition) is 1. The van der Waals surface area contributed by atoms with E-state index in [0.717, 1.165) is 5.56 Å². The van der Waals surface area contributed by atoms with E-state index in [0.29, 0.717) is 11.6 Å². The van der Waals surface area contributed by atoms with Crippen molar-refractivity contribution in [3.63, 3.8) is 0 Å². The van der Waals surface area contributed by atoms with Gasteiger partial charge in [-0.25, -0.2) is 4.98 Å². The first kappa shape index (κ1) is 6.86. The molecule has 0 amide bonds. The van der Waals surface area contributed by atoms with Crippen LogP contribution in [-0.4, -0.2) is 12.1 Å². The molecule has 0 aliphatic carbocycles. The number of rotatable bonds is 1. The molecule has 0 saturated carbocycles. The molecule has 0 aromatic carbocycles. The molecular formula is C7H10N2O. The lowest BCUT2D eigenvalue weighted by Gasteiger charge is -2.01. The highest BCUT2D eigenvalue weighted by Gasteiger charge is 1.97. The number of nitrogens with two attached hydrogens (primary N) is 1. The molecular weight excluding hydrogens is 128 g/mol. The van der Waals surface area contributed by atoms with Gasteiger partial charge in [0.15, 0.2) is 0 Å². The van der Waals surface area contributed by atoms with Gasteiger partial charge in [0.25, 0.3) is 0 Å². The first-order valence-electron chi connectivity index (χ1n) is 3.00. The summed E-state index contributed by atoms with van der Waals surface area (Å²) in [6, 6.07) is 1.83. The molecule has 2 N–H and O–H groups in total. The molecule has 0 aliphatic heterocycles. The average molecular weight is 138 g/mol. The zero-order chi connectivity index (χ0) is 7.56. The van der Waals surface area contributed by atoms with Gasteiger partial charge in [-0.05, 0) is 13.0 Å². The molecule has 1 heterocycles. The Labute approximate surface area is 59.8 Å². The van der Waals surface area contributed by atoms with Crippen molar-refractivity contribution in [3.05, 3.63) is 17.8 Å². The number of nitrogens with zero attached hydrogens (tertiary/aromatic N) is 1. The van der Waals surface area contributed by atoms with Crippen LogP contribution in [0.15, 0.2) is 12.3 Å². The minimum Gasteiger partial charge on any atom is -0.481 e. The molecule has 10 heavy (non-hydrogen) atoms. The van der Waals surface area contributed by atoms with Gasteiger partial charge in [-0.3, -0.25) is 0 Å². The van der Waals surface area contributed by atoms with Crippen molar-refractivity contribution in [2.24, 2.45) is 0 Å². The first-order valence-corrected chi connectivity index (χ1v) is 3.00. The Morgan fingerprint density at radius 2 is 2.30 bits per heavy atom. The fourth-order valence-electron chi connectivity index (χ4n) is 0.798. The maximum absolute atomic E-state index is 5.46. The molecule has 0 atom stereocenters. The summed E-state index contributed by atoms with van der Waals surface area (Å²) in [4.78, 5) is 3.95. The number of aryl methyl sites for hydroxylation is 1. The van der Waals surface area contributed by atoms with Gasteiger partial charge in [0.1, 0.15) is 0 Å². The zero-order valence-corrected chi connectivity index (χ0v) is 6.09. The van der Waals surface area contributed by atoms with Crippen molar-refractivity contribution in [2.45, 2.75) is 6.92 Å². The van der Waals surface area contributed by atoms with Gasteiger partial charge in [0, 0.05) is 5.56 Å². The van der Waals surface area contributed by atoms with Crippen LogP contribution in [-0.2, 0) is 0 Å². The summed E-state index contributed by atoms with van der Waals surface area (Å²) in [7, 11) is 1.59. The van der Waals surface area contributed by atoms with Crippen molar-refractivity contribution in [2.75, 3.05) is 12.8 Å². The van der Waals surface area contributed by atoms with Crippen LogP contribution in [0.5, 0.6) is 5.88 Å². The van der Waals surface area contributed by atoms with Gasteiger partial charge in [0.2, 0.25) is 5.88 Å². The van der Waals surface area contributed by atoms with Crippen LogP contribution in [0.2, 0.25) is 0 Å². The fraction of sp³-hybridized carbons (Fsp3) is 0.286. The summed E-state index contributed by atoms with van der Waals surface area (Å²) in [5.41, 5.74) is 7.09. The van der Waals surface area contributed by atoms with E-state index in [2.05, 4.69) is 4.98 Å². The van der Waals surface area contributed by atoms with E-state index >= 15 is 0 Å². The first-order chi connectivity index (χ1) is 4.74. The summed E-state index contributed by atoms with van der Waals surface area (Å²) in [5, 5.41) is 0. The smallest absolute Gasteiger partial charge is 0.216 e. The maximum atomic E-state index is 5.46. The predicted molar refractivity (Wildman–Crippen MR) is 39.9 cm³/mol. The van der Waals surface area contributed by atoms with Crippen molar-refractivity contribution in [3.8, 4) is 5.88 Å². The number of hydrogen-bond acceptors (Lipinski definition) is 3. The summed E-state index contributed by atoms with van der Waals surface area (Å²) >= 11 is 0. The molecule has 0 bridgehead atoms. The van der Waals surface area contributed by atoms with E-state index < -0.39 is 0 Å². The van der Waals surface area contributed by atoms with Gasteiger partial charge < -0.3 is 10.5 Å². The quantitative estimate of drug-likeness (QED) is 0.629. The Bertz CT molecular complexity index is 235. The molecule has 0 radical (unpaired) electrons. The van der Waals surface area contributed by atoms with Crippen molar-refractivity contribution in [1.29, 1.82) is 0 Å². The minimum atomic E-state index is 0.634. The lowest BCUT2D eigenvalue weighted by molar-refractivity contribution is 0.395. The lowest BCUT2D eigenvalue weighted by Crippen LogP contribution is -1.93. The van der Waals surface area contributed by atoms with Gasteiger partial charge in [-0.2, -0.15) is 0 Å². The van der Waals surface area contributed by atoms with Crippen molar-refractivity contribution in [1.82, 2.24) is 4.98 Å². The van der Waals surface area contributed by atoms with Crippen LogP contribution in [0.4, 0.5) is 5.69 Å². The van der Waals surface area contributed by atoms with Crippen LogP contribution in [0.25, 0.3) is 0 Å². The molecule has 0 unspecified atom stereocenters. The molecule has 3 nitrogen and oxygen atoms in total. The van der Waals surface area contributed by atoms with E-state index in [9.17, 15) is 0 Å².